The molecule has 0 bridgehead atoms. The topological polar surface area (TPSA) is 168 Å². The Kier molecular flexibility index (Phi) is 10.7. The maximum absolute atomic E-state index is 13.3. The van der Waals surface area contributed by atoms with Crippen LogP contribution in [0.3, 0.4) is 0 Å². The number of aromatic nitrogens is 4. The van der Waals surface area contributed by atoms with E-state index in [0.717, 1.165) is 5.56 Å². The lowest BCUT2D eigenvalue weighted by atomic mass is 10.0. The van der Waals surface area contributed by atoms with Crippen molar-refractivity contribution in [1.82, 2.24) is 30.8 Å². The van der Waals surface area contributed by atoms with Crippen molar-refractivity contribution < 1.29 is 23.8 Å². The summed E-state index contributed by atoms with van der Waals surface area (Å²) in [4.78, 5) is 47.4. The highest BCUT2D eigenvalue weighted by Crippen LogP contribution is 2.20. The maximum Gasteiger partial charge on any atom is 0.251 e. The smallest absolute Gasteiger partial charge is 0.251 e. The Balaban J connectivity index is 1.45. The highest BCUT2D eigenvalue weighted by molar-refractivity contribution is 7.38. The average Bonchev–Trinajstić information content (AvgIpc) is 3.51. The molecule has 0 saturated carbocycles. The van der Waals surface area contributed by atoms with E-state index >= 15 is 0 Å². The van der Waals surface area contributed by atoms with Gasteiger partial charge in [-0.25, -0.2) is 0 Å². The predicted molar refractivity (Wildman–Crippen MR) is 159 cm³/mol. The van der Waals surface area contributed by atoms with Gasteiger partial charge in [-0.15, -0.1) is 5.10 Å². The minimum atomic E-state index is -2.66. The molecule has 3 aromatic carbocycles. The SMILES string of the molecule is O=C(/C=C/c1cc(Cl)ccc1-n1cnnn1)N[C@@H](Cc1ccccc1)C(=O)Nc1ccc(C(=O)NCC[PH](=O)O)cc1. The van der Waals surface area contributed by atoms with Crippen LogP contribution in [-0.2, 0) is 20.6 Å². The molecule has 2 atom stereocenters. The van der Waals surface area contributed by atoms with Gasteiger partial charge in [0.1, 0.15) is 12.4 Å². The van der Waals surface area contributed by atoms with Crippen molar-refractivity contribution in [3.8, 4) is 5.69 Å². The fourth-order valence-corrected chi connectivity index (χ4v) is 4.42. The first-order valence-electron chi connectivity index (χ1n) is 12.7. The summed E-state index contributed by atoms with van der Waals surface area (Å²) in [6.07, 6.45) is 4.49. The lowest BCUT2D eigenvalue weighted by Gasteiger charge is -2.18. The summed E-state index contributed by atoms with van der Waals surface area (Å²) < 4.78 is 12.3. The molecule has 0 fully saturated rings. The first kappa shape index (κ1) is 30.3. The molecule has 14 heteroatoms. The Labute approximate surface area is 246 Å². The second kappa shape index (κ2) is 14.8. The van der Waals surface area contributed by atoms with Crippen LogP contribution in [0.4, 0.5) is 5.69 Å². The number of amides is 3. The predicted octanol–water partition coefficient (Wildman–Crippen LogP) is 2.89. The molecule has 0 aliphatic rings. The number of rotatable bonds is 12. The summed E-state index contributed by atoms with van der Waals surface area (Å²) in [5, 5.41) is 19.7. The van der Waals surface area contributed by atoms with Gasteiger partial charge < -0.3 is 20.8 Å². The number of carbonyl (C=O) groups excluding carboxylic acids is 3. The van der Waals surface area contributed by atoms with E-state index in [1.54, 1.807) is 36.4 Å². The van der Waals surface area contributed by atoms with Crippen LogP contribution in [0.2, 0.25) is 5.02 Å². The Morgan fingerprint density at radius 1 is 1.05 bits per heavy atom. The molecule has 216 valence electrons. The van der Waals surface area contributed by atoms with Gasteiger partial charge in [-0.05, 0) is 64.5 Å². The molecule has 0 radical (unpaired) electrons. The van der Waals surface area contributed by atoms with Crippen molar-refractivity contribution in [2.24, 2.45) is 0 Å². The Morgan fingerprint density at radius 2 is 1.81 bits per heavy atom. The number of halogens is 1. The monoisotopic (exact) mass is 607 g/mol. The number of anilines is 1. The van der Waals surface area contributed by atoms with Gasteiger partial charge in [0, 0.05) is 47.0 Å². The van der Waals surface area contributed by atoms with Crippen LogP contribution in [0, 0.1) is 0 Å². The number of hydrogen-bond donors (Lipinski definition) is 4. The third kappa shape index (κ3) is 8.93. The van der Waals surface area contributed by atoms with Gasteiger partial charge >= 0.3 is 0 Å². The van der Waals surface area contributed by atoms with Crippen LogP contribution >= 0.6 is 19.6 Å². The highest BCUT2D eigenvalue weighted by atomic mass is 35.5. The van der Waals surface area contributed by atoms with E-state index in [1.165, 1.54) is 29.2 Å². The molecule has 0 aliphatic carbocycles. The molecular formula is C28H27ClN7O5P. The summed E-state index contributed by atoms with van der Waals surface area (Å²) in [7, 11) is -2.66. The third-order valence-corrected chi connectivity index (χ3v) is 6.87. The molecular weight excluding hydrogens is 581 g/mol. The van der Waals surface area contributed by atoms with Gasteiger partial charge in [0.05, 0.1) is 5.69 Å². The zero-order valence-electron chi connectivity index (χ0n) is 22.1. The third-order valence-electron chi connectivity index (χ3n) is 5.95. The fourth-order valence-electron chi connectivity index (χ4n) is 3.90. The molecule has 4 rings (SSSR count). The molecule has 4 N–H and O–H groups in total. The molecule has 0 spiro atoms. The Bertz CT molecular complexity index is 1580. The summed E-state index contributed by atoms with van der Waals surface area (Å²) in [5.41, 5.74) is 2.78. The van der Waals surface area contributed by atoms with Gasteiger partial charge in [-0.2, -0.15) is 4.68 Å². The second-order valence-corrected chi connectivity index (χ2v) is 10.7. The van der Waals surface area contributed by atoms with Crippen LogP contribution in [0.25, 0.3) is 11.8 Å². The molecule has 12 nitrogen and oxygen atoms in total. The Hall–Kier alpha value is -4.64. The van der Waals surface area contributed by atoms with Gasteiger partial charge in [0.15, 0.2) is 8.03 Å². The quantitative estimate of drug-likeness (QED) is 0.141. The second-order valence-electron chi connectivity index (χ2n) is 9.01. The van der Waals surface area contributed by atoms with E-state index < -0.39 is 31.8 Å². The lowest BCUT2D eigenvalue weighted by Crippen LogP contribution is -2.44. The number of carbonyl (C=O) groups is 3. The van der Waals surface area contributed by atoms with Gasteiger partial charge in [-0.3, -0.25) is 18.9 Å². The van der Waals surface area contributed by atoms with E-state index in [2.05, 4.69) is 31.5 Å². The molecule has 0 saturated heterocycles. The standard InChI is InChI=1S/C28H27ClN7O5P/c29-22-9-12-25(36-18-31-34-35-36)21(17-22)8-13-26(37)33-24(16-19-4-2-1-3-5-19)28(39)32-23-10-6-20(7-11-23)27(38)30-14-15-42(40)41/h1-13,17-18,24,42H,14-16H2,(H,30,38)(H,32,39)(H,33,37)(H,40,41)/b13-8+/t24-/m0/s1. The van der Waals surface area contributed by atoms with Crippen molar-refractivity contribution in [2.45, 2.75) is 12.5 Å². The molecule has 42 heavy (non-hydrogen) atoms. The maximum atomic E-state index is 13.3. The number of benzene rings is 3. The summed E-state index contributed by atoms with van der Waals surface area (Å²) in [6, 6.07) is 19.5. The van der Waals surface area contributed by atoms with E-state index in [0.29, 0.717) is 27.5 Å². The molecule has 3 amide bonds. The lowest BCUT2D eigenvalue weighted by molar-refractivity contribution is -0.123. The fraction of sp³-hybridized carbons (Fsp3) is 0.143. The van der Waals surface area contributed by atoms with Crippen molar-refractivity contribution in [2.75, 3.05) is 18.0 Å². The van der Waals surface area contributed by atoms with Gasteiger partial charge in [0.2, 0.25) is 11.8 Å². The summed E-state index contributed by atoms with van der Waals surface area (Å²) in [5.74, 6) is -1.37. The highest BCUT2D eigenvalue weighted by Gasteiger charge is 2.21. The van der Waals surface area contributed by atoms with Crippen molar-refractivity contribution in [3.05, 3.63) is 107 Å². The average molecular weight is 608 g/mol. The molecule has 4 aromatic rings. The van der Waals surface area contributed by atoms with E-state index in [4.69, 9.17) is 16.5 Å². The van der Waals surface area contributed by atoms with E-state index in [9.17, 15) is 18.9 Å². The van der Waals surface area contributed by atoms with Gasteiger partial charge in [0.25, 0.3) is 5.91 Å². The Morgan fingerprint density at radius 3 is 2.50 bits per heavy atom. The van der Waals surface area contributed by atoms with Crippen molar-refractivity contribution in [1.29, 1.82) is 0 Å². The molecule has 1 heterocycles. The van der Waals surface area contributed by atoms with Crippen molar-refractivity contribution >= 4 is 49.1 Å². The molecule has 1 unspecified atom stereocenters. The largest absolute Gasteiger partial charge is 0.351 e. The zero-order valence-corrected chi connectivity index (χ0v) is 23.9. The van der Waals surface area contributed by atoms with Crippen LogP contribution in [-0.4, -0.2) is 61.6 Å². The summed E-state index contributed by atoms with van der Waals surface area (Å²) >= 11 is 6.16. The molecule has 1 aromatic heterocycles. The minimum absolute atomic E-state index is 0.00613. The number of nitrogens with one attached hydrogen (secondary N) is 3. The van der Waals surface area contributed by atoms with Crippen LogP contribution in [0.5, 0.6) is 0 Å². The van der Waals surface area contributed by atoms with Crippen LogP contribution in [0.1, 0.15) is 21.5 Å². The molecule has 0 aliphatic heterocycles. The first-order valence-corrected chi connectivity index (χ1v) is 14.7. The van der Waals surface area contributed by atoms with E-state index in [1.807, 2.05) is 30.3 Å². The summed E-state index contributed by atoms with van der Waals surface area (Å²) in [6.45, 7) is 0.0806. The number of tetrazole rings is 1. The van der Waals surface area contributed by atoms with Crippen LogP contribution in [0.15, 0.2) is 85.2 Å². The van der Waals surface area contributed by atoms with Crippen molar-refractivity contribution in [3.63, 3.8) is 0 Å². The number of hydrogen-bond acceptors (Lipinski definition) is 7. The van der Waals surface area contributed by atoms with Gasteiger partial charge in [-0.1, -0.05) is 41.9 Å². The first-order chi connectivity index (χ1) is 20.3. The normalized spacial score (nSPS) is 12.4. The van der Waals surface area contributed by atoms with E-state index in [-0.39, 0.29) is 19.1 Å². The zero-order chi connectivity index (χ0) is 29.9. The minimum Gasteiger partial charge on any atom is -0.351 e. The van der Waals surface area contributed by atoms with Crippen LogP contribution < -0.4 is 16.0 Å². The number of nitrogens with zero attached hydrogens (tertiary/aromatic N) is 4.